The Kier molecular flexibility index (Phi) is 7.55. The van der Waals surface area contributed by atoms with Crippen molar-refractivity contribution in [2.24, 2.45) is 5.92 Å². The van der Waals surface area contributed by atoms with Crippen LogP contribution in [-0.2, 0) is 22.7 Å². The number of aromatic nitrogens is 2. The maximum atomic E-state index is 11.1. The van der Waals surface area contributed by atoms with Gasteiger partial charge in [0, 0.05) is 12.0 Å². The number of halogens is 1. The number of anilines is 2. The van der Waals surface area contributed by atoms with Gasteiger partial charge >= 0.3 is 0 Å². The summed E-state index contributed by atoms with van der Waals surface area (Å²) in [6.45, 7) is 1.32. The zero-order chi connectivity index (χ0) is 22.3. The van der Waals surface area contributed by atoms with E-state index in [0.717, 1.165) is 11.1 Å². The Hall–Kier alpha value is -2.71. The number of aliphatic hydroxyl groups is 1. The molecule has 1 heterocycles. The van der Waals surface area contributed by atoms with Crippen LogP contribution in [0.1, 0.15) is 17.5 Å². The van der Waals surface area contributed by atoms with Crippen LogP contribution in [0.15, 0.2) is 66.7 Å². The summed E-state index contributed by atoms with van der Waals surface area (Å²) in [5.74, 6) is 0.348. The number of nitrogens with one attached hydrogen (secondary N) is 1. The number of hydrogen-bond donors (Lipinski definition) is 3. The molecule has 32 heavy (non-hydrogen) atoms. The van der Waals surface area contributed by atoms with Crippen molar-refractivity contribution in [2.45, 2.75) is 37.9 Å². The number of ether oxygens (including phenoxy) is 2. The maximum absolute atomic E-state index is 11.1. The number of nitrogens with zero attached hydrogens (tertiary/aromatic N) is 2. The highest BCUT2D eigenvalue weighted by Crippen LogP contribution is 2.33. The zero-order valence-corrected chi connectivity index (χ0v) is 18.4. The number of hydrogen-bond acceptors (Lipinski definition) is 7. The normalized spacial score (nSPS) is 22.7. The minimum absolute atomic E-state index is 0.0760. The molecule has 0 spiro atoms. The molecule has 7 nitrogen and oxygen atoms in total. The molecule has 1 fully saturated rings. The molecule has 1 aliphatic carbocycles. The maximum Gasteiger partial charge on any atom is 0.223 e. The van der Waals surface area contributed by atoms with Crippen molar-refractivity contribution in [3.8, 4) is 0 Å². The lowest BCUT2D eigenvalue weighted by Crippen LogP contribution is -2.35. The molecule has 0 aliphatic heterocycles. The summed E-state index contributed by atoms with van der Waals surface area (Å²) in [6, 6.07) is 21.2. The molecule has 1 aliphatic rings. The second-order valence-corrected chi connectivity index (χ2v) is 8.30. The Morgan fingerprint density at radius 2 is 1.66 bits per heavy atom. The van der Waals surface area contributed by atoms with E-state index in [0.29, 0.717) is 32.1 Å². The fraction of sp³-hybridized carbons (Fsp3) is 0.333. The molecule has 4 atom stereocenters. The van der Waals surface area contributed by atoms with Crippen molar-refractivity contribution in [1.29, 1.82) is 0 Å². The van der Waals surface area contributed by atoms with E-state index in [-0.39, 0.29) is 29.2 Å². The summed E-state index contributed by atoms with van der Waals surface area (Å²) in [5, 5.41) is 14.6. The quantitative estimate of drug-likeness (QED) is 0.422. The van der Waals surface area contributed by atoms with Crippen LogP contribution >= 0.6 is 11.6 Å². The van der Waals surface area contributed by atoms with Gasteiger partial charge in [-0.25, -0.2) is 4.98 Å². The smallest absolute Gasteiger partial charge is 0.223 e. The third-order valence-electron chi connectivity index (χ3n) is 5.59. The van der Waals surface area contributed by atoms with Crippen LogP contribution in [0, 0.1) is 5.92 Å². The molecule has 4 N–H and O–H groups in total. The summed E-state index contributed by atoms with van der Waals surface area (Å²) in [4.78, 5) is 8.04. The third kappa shape index (κ3) is 5.95. The van der Waals surface area contributed by atoms with Crippen molar-refractivity contribution < 1.29 is 14.6 Å². The Balaban J connectivity index is 1.43. The average molecular weight is 457 g/mol. The zero-order valence-electron chi connectivity index (χ0n) is 17.6. The van der Waals surface area contributed by atoms with Gasteiger partial charge in [-0.1, -0.05) is 72.3 Å². The van der Waals surface area contributed by atoms with Gasteiger partial charge in [-0.15, -0.1) is 0 Å². The fourth-order valence-electron chi connectivity index (χ4n) is 3.99. The molecule has 168 valence electrons. The summed E-state index contributed by atoms with van der Waals surface area (Å²) in [5.41, 5.74) is 7.87. The lowest BCUT2D eigenvalue weighted by Gasteiger charge is -2.23. The van der Waals surface area contributed by atoms with E-state index in [1.54, 1.807) is 6.07 Å². The van der Waals surface area contributed by atoms with Gasteiger partial charge in [0.05, 0.1) is 38.1 Å². The molecule has 0 bridgehead atoms. The van der Waals surface area contributed by atoms with Gasteiger partial charge in [0.25, 0.3) is 0 Å². The van der Waals surface area contributed by atoms with E-state index in [2.05, 4.69) is 15.3 Å². The van der Waals surface area contributed by atoms with Crippen LogP contribution in [0.5, 0.6) is 0 Å². The molecule has 3 aromatic rings. The molecular formula is C24H27ClN4O3. The largest absolute Gasteiger partial charge is 0.391 e. The molecule has 1 unspecified atom stereocenters. The minimum atomic E-state index is -0.693. The Bertz CT molecular complexity index is 973. The van der Waals surface area contributed by atoms with Crippen LogP contribution in [0.4, 0.5) is 11.8 Å². The number of nitrogen functional groups attached to an aromatic ring is 1. The predicted molar refractivity (Wildman–Crippen MR) is 124 cm³/mol. The van der Waals surface area contributed by atoms with Crippen LogP contribution in [-0.4, -0.2) is 39.9 Å². The standard InChI is InChI=1S/C24H27ClN4O3/c25-21-12-22(29-24(26)28-21)27-19-11-20(32-14-17-9-5-2-6-10-17)18(23(19)30)15-31-13-16-7-3-1-4-8-16/h1-10,12,18-20,23,30H,11,13-15H2,(H3,26,27,28,29)/t18-,19+,20-,23?/m1/s1/i21+1,22+1. The monoisotopic (exact) mass is 456 g/mol. The molecule has 0 saturated heterocycles. The van der Waals surface area contributed by atoms with Gasteiger partial charge in [-0.3, -0.25) is 0 Å². The average Bonchev–Trinajstić information content (AvgIpc) is 3.07. The first kappa shape index (κ1) is 22.5. The van der Waals surface area contributed by atoms with Crippen LogP contribution < -0.4 is 11.1 Å². The Morgan fingerprint density at radius 3 is 2.31 bits per heavy atom. The van der Waals surface area contributed by atoms with Crippen LogP contribution in [0.25, 0.3) is 0 Å². The van der Waals surface area contributed by atoms with Crippen LogP contribution in [0.2, 0.25) is 5.15 Å². The van der Waals surface area contributed by atoms with Gasteiger partial charge in [0.15, 0.2) is 0 Å². The first-order valence-electron chi connectivity index (χ1n) is 10.6. The predicted octanol–water partition coefficient (Wildman–Crippen LogP) is 3.68. The van der Waals surface area contributed by atoms with E-state index in [4.69, 9.17) is 26.8 Å². The summed E-state index contributed by atoms with van der Waals surface area (Å²) in [7, 11) is 0. The van der Waals surface area contributed by atoms with Gasteiger partial charge in [0.1, 0.15) is 11.0 Å². The highest BCUT2D eigenvalue weighted by atomic mass is 35.5. The number of benzene rings is 2. The van der Waals surface area contributed by atoms with E-state index in [9.17, 15) is 5.11 Å². The second kappa shape index (κ2) is 10.7. The fourth-order valence-corrected chi connectivity index (χ4v) is 4.18. The number of rotatable bonds is 9. The van der Waals surface area contributed by atoms with Crippen LogP contribution in [0.3, 0.4) is 0 Å². The topological polar surface area (TPSA) is 103 Å². The molecule has 1 aromatic heterocycles. The van der Waals surface area contributed by atoms with Crippen molar-refractivity contribution in [1.82, 2.24) is 9.97 Å². The SMILES string of the molecule is Nc1n[13c](Cl)c[13c](N[C@H]2C[C@@H](OCc3ccccc3)[C@@H](COCc3ccccc3)C2O)n1. The second-order valence-electron chi connectivity index (χ2n) is 7.91. The van der Waals surface area contributed by atoms with Crippen molar-refractivity contribution in [3.05, 3.63) is 83.0 Å². The van der Waals surface area contributed by atoms with E-state index >= 15 is 0 Å². The Morgan fingerprint density at radius 1 is 1.00 bits per heavy atom. The molecule has 0 amide bonds. The van der Waals surface area contributed by atoms with E-state index in [1.165, 1.54) is 0 Å². The van der Waals surface area contributed by atoms with E-state index < -0.39 is 6.10 Å². The molecule has 1 saturated carbocycles. The van der Waals surface area contributed by atoms with Crippen molar-refractivity contribution in [3.63, 3.8) is 0 Å². The van der Waals surface area contributed by atoms with Gasteiger partial charge in [0.2, 0.25) is 5.95 Å². The van der Waals surface area contributed by atoms with Gasteiger partial charge < -0.3 is 25.6 Å². The third-order valence-corrected chi connectivity index (χ3v) is 5.78. The van der Waals surface area contributed by atoms with Crippen molar-refractivity contribution >= 4 is 23.4 Å². The molecular weight excluding hydrogens is 430 g/mol. The summed E-state index contributed by atoms with van der Waals surface area (Å²) >= 11 is 6.00. The first-order valence-corrected chi connectivity index (χ1v) is 11.0. The molecule has 4 rings (SSSR count). The van der Waals surface area contributed by atoms with Crippen molar-refractivity contribution in [2.75, 3.05) is 17.7 Å². The first-order chi connectivity index (χ1) is 15.6. The molecule has 2 aromatic carbocycles. The van der Waals surface area contributed by atoms with Gasteiger partial charge in [-0.2, -0.15) is 4.98 Å². The van der Waals surface area contributed by atoms with E-state index in [1.807, 2.05) is 60.7 Å². The highest BCUT2D eigenvalue weighted by molar-refractivity contribution is 6.29. The molecule has 0 radical (unpaired) electrons. The Labute approximate surface area is 192 Å². The minimum Gasteiger partial charge on any atom is -0.391 e. The lowest BCUT2D eigenvalue weighted by atomic mass is 10.0. The number of nitrogens with two attached hydrogens (primary N) is 1. The summed E-state index contributed by atoms with van der Waals surface area (Å²) in [6.07, 6.45) is -0.288. The lowest BCUT2D eigenvalue weighted by molar-refractivity contribution is -0.0463. The van der Waals surface area contributed by atoms with Gasteiger partial charge in [-0.05, 0) is 17.5 Å². The molecule has 8 heteroatoms. The number of aliphatic hydroxyl groups excluding tert-OH is 1. The highest BCUT2D eigenvalue weighted by Gasteiger charge is 2.43. The summed E-state index contributed by atoms with van der Waals surface area (Å²) < 4.78 is 12.2.